The third-order valence-corrected chi connectivity index (χ3v) is 6.14. The highest BCUT2D eigenvalue weighted by Gasteiger charge is 2.13. The fourth-order valence-electron chi connectivity index (χ4n) is 2.43. The third kappa shape index (κ3) is 5.38. The van der Waals surface area contributed by atoms with Crippen LogP contribution in [0.1, 0.15) is 32.2 Å². The first-order valence-electron chi connectivity index (χ1n) is 8.34. The molecule has 0 atom stereocenters. The first kappa shape index (κ1) is 19.5. The highest BCUT2D eigenvalue weighted by molar-refractivity contribution is 7.15. The molecule has 0 spiro atoms. The van der Waals surface area contributed by atoms with Crippen molar-refractivity contribution in [2.75, 3.05) is 11.9 Å². The Morgan fingerprint density at radius 1 is 1.19 bits per heavy atom. The van der Waals surface area contributed by atoms with Crippen molar-refractivity contribution in [1.29, 1.82) is 0 Å². The Hall–Kier alpha value is -2.22. The largest absolute Gasteiger partial charge is 0.351 e. The molecule has 0 bridgehead atoms. The van der Waals surface area contributed by atoms with Gasteiger partial charge < -0.3 is 10.6 Å². The fraction of sp³-hybridized carbons (Fsp3) is 0.211. The summed E-state index contributed by atoms with van der Waals surface area (Å²) in [6.07, 6.45) is 0.867. The number of aromatic nitrogens is 1. The molecule has 27 heavy (non-hydrogen) atoms. The van der Waals surface area contributed by atoms with Crippen LogP contribution in [0.3, 0.4) is 0 Å². The molecule has 0 saturated carbocycles. The van der Waals surface area contributed by atoms with Crippen molar-refractivity contribution < 1.29 is 9.59 Å². The minimum Gasteiger partial charge on any atom is -0.351 e. The minimum absolute atomic E-state index is 0.162. The van der Waals surface area contributed by atoms with Crippen LogP contribution in [0.2, 0.25) is 5.02 Å². The number of thiophene rings is 1. The number of benzene rings is 1. The van der Waals surface area contributed by atoms with E-state index in [1.807, 2.05) is 42.6 Å². The number of halogens is 1. The van der Waals surface area contributed by atoms with Crippen molar-refractivity contribution in [2.45, 2.75) is 19.8 Å². The molecule has 3 aromatic rings. The smallest absolute Gasteiger partial charge is 0.261 e. The Morgan fingerprint density at radius 3 is 2.74 bits per heavy atom. The van der Waals surface area contributed by atoms with Gasteiger partial charge in [0.2, 0.25) is 5.91 Å². The maximum atomic E-state index is 12.1. The number of hydrogen-bond donors (Lipinski definition) is 2. The molecule has 0 aliphatic rings. The number of thiazole rings is 1. The van der Waals surface area contributed by atoms with Crippen molar-refractivity contribution in [3.63, 3.8) is 0 Å². The average molecular weight is 420 g/mol. The number of amides is 2. The van der Waals surface area contributed by atoms with Crippen LogP contribution in [0.25, 0.3) is 0 Å². The van der Waals surface area contributed by atoms with Crippen molar-refractivity contribution in [1.82, 2.24) is 10.3 Å². The topological polar surface area (TPSA) is 71.1 Å². The molecule has 5 nitrogen and oxygen atoms in total. The summed E-state index contributed by atoms with van der Waals surface area (Å²) in [7, 11) is 0. The Morgan fingerprint density at radius 2 is 2.00 bits per heavy atom. The van der Waals surface area contributed by atoms with E-state index in [-0.39, 0.29) is 24.8 Å². The molecule has 0 aliphatic heterocycles. The number of anilines is 1. The molecule has 0 saturated heterocycles. The van der Waals surface area contributed by atoms with E-state index in [2.05, 4.69) is 15.6 Å². The summed E-state index contributed by atoms with van der Waals surface area (Å²) >= 11 is 9.03. The lowest BCUT2D eigenvalue weighted by Crippen LogP contribution is -2.27. The van der Waals surface area contributed by atoms with E-state index in [1.54, 1.807) is 6.07 Å². The van der Waals surface area contributed by atoms with Gasteiger partial charge >= 0.3 is 0 Å². The Bertz CT molecular complexity index is 938. The molecule has 0 aliphatic carbocycles. The van der Waals surface area contributed by atoms with Gasteiger partial charge in [0.15, 0.2) is 5.13 Å². The monoisotopic (exact) mass is 419 g/mol. The van der Waals surface area contributed by atoms with Crippen molar-refractivity contribution in [3.05, 3.63) is 67.8 Å². The number of hydrogen-bond acceptors (Lipinski definition) is 5. The quantitative estimate of drug-likeness (QED) is 0.591. The van der Waals surface area contributed by atoms with Gasteiger partial charge in [-0.1, -0.05) is 35.9 Å². The van der Waals surface area contributed by atoms with Gasteiger partial charge in [0.1, 0.15) is 0 Å². The van der Waals surface area contributed by atoms with Gasteiger partial charge in [-0.3, -0.25) is 9.59 Å². The number of carbonyl (C=O) groups is 2. The van der Waals surface area contributed by atoms with E-state index in [4.69, 9.17) is 11.6 Å². The van der Waals surface area contributed by atoms with E-state index < -0.39 is 0 Å². The van der Waals surface area contributed by atoms with Crippen LogP contribution in [0, 0.1) is 6.92 Å². The highest BCUT2D eigenvalue weighted by atomic mass is 35.5. The van der Waals surface area contributed by atoms with E-state index >= 15 is 0 Å². The number of carbonyl (C=O) groups excluding carboxylic acids is 2. The van der Waals surface area contributed by atoms with Gasteiger partial charge in [-0.2, -0.15) is 0 Å². The zero-order valence-electron chi connectivity index (χ0n) is 14.6. The van der Waals surface area contributed by atoms with E-state index in [0.717, 1.165) is 21.2 Å². The zero-order valence-corrected chi connectivity index (χ0v) is 17.0. The molecule has 2 amide bonds. The lowest BCUT2D eigenvalue weighted by atomic mass is 10.1. The maximum absolute atomic E-state index is 12.1. The number of aryl methyl sites for hydroxylation is 1. The average Bonchev–Trinajstić information content (AvgIpc) is 3.27. The van der Waals surface area contributed by atoms with Crippen LogP contribution in [-0.4, -0.2) is 23.3 Å². The van der Waals surface area contributed by atoms with Gasteiger partial charge in [-0.25, -0.2) is 4.98 Å². The highest BCUT2D eigenvalue weighted by Crippen LogP contribution is 2.27. The van der Waals surface area contributed by atoms with Crippen molar-refractivity contribution in [3.8, 4) is 0 Å². The lowest BCUT2D eigenvalue weighted by molar-refractivity contribution is -0.116. The second-order valence-electron chi connectivity index (χ2n) is 5.83. The first-order chi connectivity index (χ1) is 13.0. The lowest BCUT2D eigenvalue weighted by Gasteiger charge is -2.04. The number of nitrogens with zero attached hydrogens (tertiary/aromatic N) is 1. The summed E-state index contributed by atoms with van der Waals surface area (Å²) in [6.45, 7) is 2.19. The zero-order chi connectivity index (χ0) is 19.2. The molecule has 0 unspecified atom stereocenters. The first-order valence-corrected chi connectivity index (χ1v) is 10.4. The maximum Gasteiger partial charge on any atom is 0.261 e. The Balaban J connectivity index is 1.51. The molecule has 8 heteroatoms. The van der Waals surface area contributed by atoms with Gasteiger partial charge in [-0.05, 0) is 30.0 Å². The van der Waals surface area contributed by atoms with Gasteiger partial charge in [0.25, 0.3) is 5.91 Å². The summed E-state index contributed by atoms with van der Waals surface area (Å²) in [5.74, 6) is -0.343. The molecule has 0 fully saturated rings. The number of rotatable bonds is 7. The SMILES string of the molecule is Cc1nc(NC(=O)CCNC(=O)c2cccs2)sc1Cc1ccccc1Cl. The summed E-state index contributed by atoms with van der Waals surface area (Å²) in [5, 5.41) is 8.65. The predicted octanol–water partition coefficient (Wildman–Crippen LogP) is 4.52. The standard InChI is InChI=1S/C19H18ClN3O2S2/c1-12-16(11-13-5-2-3-6-14(13)20)27-19(22-12)23-17(24)8-9-21-18(25)15-7-4-10-26-15/h2-7,10H,8-9,11H2,1H3,(H,21,25)(H,22,23,24). The van der Waals surface area contributed by atoms with Gasteiger partial charge in [0, 0.05) is 29.3 Å². The van der Waals surface area contributed by atoms with Crippen LogP contribution in [-0.2, 0) is 11.2 Å². The Kier molecular flexibility index (Phi) is 6.60. The second-order valence-corrected chi connectivity index (χ2v) is 8.27. The van der Waals surface area contributed by atoms with Crippen molar-refractivity contribution >= 4 is 51.2 Å². The summed E-state index contributed by atoms with van der Waals surface area (Å²) in [5.41, 5.74) is 1.90. The second kappa shape index (κ2) is 9.12. The van der Waals surface area contributed by atoms with E-state index in [1.165, 1.54) is 22.7 Å². The summed E-state index contributed by atoms with van der Waals surface area (Å²) < 4.78 is 0. The van der Waals surface area contributed by atoms with Crippen molar-refractivity contribution in [2.24, 2.45) is 0 Å². The van der Waals surface area contributed by atoms with Crippen LogP contribution in [0.15, 0.2) is 41.8 Å². The minimum atomic E-state index is -0.181. The molecule has 2 aromatic heterocycles. The molecule has 2 N–H and O–H groups in total. The van der Waals surface area contributed by atoms with Crippen LogP contribution in [0.5, 0.6) is 0 Å². The normalized spacial score (nSPS) is 10.6. The van der Waals surface area contributed by atoms with Crippen LogP contribution < -0.4 is 10.6 Å². The third-order valence-electron chi connectivity index (χ3n) is 3.83. The molecule has 1 aromatic carbocycles. The predicted molar refractivity (Wildman–Crippen MR) is 111 cm³/mol. The van der Waals surface area contributed by atoms with Gasteiger partial charge in [-0.15, -0.1) is 22.7 Å². The Labute approximate surface area is 170 Å². The molecule has 3 rings (SSSR count). The molecule has 140 valence electrons. The molecular weight excluding hydrogens is 402 g/mol. The molecular formula is C19H18ClN3O2S2. The van der Waals surface area contributed by atoms with Crippen LogP contribution in [0.4, 0.5) is 5.13 Å². The summed E-state index contributed by atoms with van der Waals surface area (Å²) in [4.78, 5) is 30.1. The van der Waals surface area contributed by atoms with Crippen LogP contribution >= 0.6 is 34.3 Å². The fourth-order valence-corrected chi connectivity index (χ4v) is 4.27. The van der Waals surface area contributed by atoms with E-state index in [0.29, 0.717) is 16.4 Å². The summed E-state index contributed by atoms with van der Waals surface area (Å²) in [6, 6.07) is 11.3. The molecule has 2 heterocycles. The van der Waals surface area contributed by atoms with E-state index in [9.17, 15) is 9.59 Å². The van der Waals surface area contributed by atoms with Gasteiger partial charge in [0.05, 0.1) is 10.6 Å². The molecule has 0 radical (unpaired) electrons. The number of nitrogens with one attached hydrogen (secondary N) is 2.